The van der Waals surface area contributed by atoms with E-state index in [0.29, 0.717) is 19.3 Å². The molecule has 0 aromatic heterocycles. The minimum Gasteiger partial charge on any atom is -0.481 e. The molecule has 0 saturated carbocycles. The van der Waals surface area contributed by atoms with Gasteiger partial charge in [0.05, 0.1) is 12.5 Å². The summed E-state index contributed by atoms with van der Waals surface area (Å²) < 4.78 is 0. The predicted octanol–water partition coefficient (Wildman–Crippen LogP) is -3.07. The average Bonchev–Trinajstić information content (AvgIpc) is 3.44. The number of nitrogens with one attached hydrogen (secondary N) is 9. The summed E-state index contributed by atoms with van der Waals surface area (Å²) in [6, 6.07) is -13.7. The Morgan fingerprint density at radius 2 is 0.843 bits per heavy atom. The van der Waals surface area contributed by atoms with Gasteiger partial charge >= 0.3 is 17.9 Å². The molecule has 9 amide bonds. The van der Waals surface area contributed by atoms with Crippen LogP contribution < -0.4 is 76.5 Å². The van der Waals surface area contributed by atoms with Gasteiger partial charge in [0, 0.05) is 13.0 Å². The number of carbonyl (C=O) groups is 12. The zero-order valence-corrected chi connectivity index (χ0v) is 50.0. The number of thioether (sulfide) groups is 1. The molecule has 0 fully saturated rings. The number of carboxylic acid groups (broad SMARTS) is 3. The first kappa shape index (κ1) is 76.1. The Morgan fingerprint density at radius 1 is 0.458 bits per heavy atom. The maximum Gasteiger partial charge on any atom is 0.326 e. The maximum absolute atomic E-state index is 14.3. The summed E-state index contributed by atoms with van der Waals surface area (Å²) in [4.78, 5) is 163. The second-order valence-electron chi connectivity index (χ2n) is 21.4. The molecule has 83 heavy (non-hydrogen) atoms. The van der Waals surface area contributed by atoms with Gasteiger partial charge in [0.25, 0.3) is 0 Å². The van der Waals surface area contributed by atoms with Crippen molar-refractivity contribution >= 4 is 88.8 Å². The molecule has 0 saturated heterocycles. The van der Waals surface area contributed by atoms with Crippen LogP contribution in [0.25, 0.3) is 0 Å². The number of rotatable bonds is 44. The van der Waals surface area contributed by atoms with E-state index in [-0.39, 0.29) is 101 Å². The van der Waals surface area contributed by atoms with Crippen molar-refractivity contribution in [2.75, 3.05) is 31.6 Å². The van der Waals surface area contributed by atoms with Crippen LogP contribution in [0.3, 0.4) is 0 Å². The van der Waals surface area contributed by atoms with Gasteiger partial charge in [-0.2, -0.15) is 11.8 Å². The number of aliphatic imine (C=N–C) groups is 1. The first-order valence-corrected chi connectivity index (χ1v) is 29.4. The van der Waals surface area contributed by atoms with Gasteiger partial charge < -0.3 is 91.8 Å². The highest BCUT2D eigenvalue weighted by molar-refractivity contribution is 7.98. The number of aliphatic carboxylic acids is 3. The number of hydrogen-bond acceptors (Lipinski definition) is 17. The van der Waals surface area contributed by atoms with Crippen molar-refractivity contribution in [2.45, 2.75) is 199 Å². The predicted molar refractivity (Wildman–Crippen MR) is 310 cm³/mol. The monoisotopic (exact) mass is 1200 g/mol. The van der Waals surface area contributed by atoms with E-state index in [2.05, 4.69) is 52.8 Å². The topological polar surface area (TPSA) is 516 Å². The Labute approximate surface area is 489 Å². The summed E-state index contributed by atoms with van der Waals surface area (Å²) in [5.74, 6) is -12.7. The van der Waals surface area contributed by atoms with E-state index in [1.54, 1.807) is 47.8 Å². The van der Waals surface area contributed by atoms with Crippen molar-refractivity contribution in [3.63, 3.8) is 0 Å². The van der Waals surface area contributed by atoms with Crippen LogP contribution in [0.15, 0.2) is 4.99 Å². The first-order valence-electron chi connectivity index (χ1n) is 28.0. The minimum atomic E-state index is -1.85. The fourth-order valence-corrected chi connectivity index (χ4v) is 8.56. The lowest BCUT2D eigenvalue weighted by Gasteiger charge is -2.29. The summed E-state index contributed by atoms with van der Waals surface area (Å²) in [6.45, 7) is 12.2. The van der Waals surface area contributed by atoms with E-state index in [0.717, 1.165) is 0 Å². The van der Waals surface area contributed by atoms with Crippen LogP contribution >= 0.6 is 11.8 Å². The highest BCUT2D eigenvalue weighted by Crippen LogP contribution is 2.13. The highest BCUT2D eigenvalue weighted by atomic mass is 32.2. The quantitative estimate of drug-likeness (QED) is 0.0164. The zero-order valence-electron chi connectivity index (χ0n) is 49.2. The second kappa shape index (κ2) is 41.2. The molecule has 0 aliphatic carbocycles. The average molecular weight is 1200 g/mol. The van der Waals surface area contributed by atoms with Crippen LogP contribution in [-0.2, 0) is 57.5 Å². The van der Waals surface area contributed by atoms with E-state index in [9.17, 15) is 67.7 Å². The fraction of sp³-hybridized carbons (Fsp3) is 0.750. The van der Waals surface area contributed by atoms with Gasteiger partial charge in [-0.25, -0.2) is 4.79 Å². The number of carbonyl (C=O) groups excluding carboxylic acids is 9. The van der Waals surface area contributed by atoms with Crippen molar-refractivity contribution in [3.8, 4) is 0 Å². The zero-order chi connectivity index (χ0) is 63.5. The molecule has 31 heteroatoms. The maximum atomic E-state index is 14.3. The van der Waals surface area contributed by atoms with Gasteiger partial charge in [0.15, 0.2) is 5.96 Å². The van der Waals surface area contributed by atoms with E-state index in [1.807, 2.05) is 0 Å². The van der Waals surface area contributed by atoms with E-state index in [1.165, 1.54) is 18.7 Å². The molecule has 0 radical (unpaired) electrons. The molecule has 22 N–H and O–H groups in total. The SMILES string of the molecule is CSCC[C@H](NC(=O)[C@H](CCCN=C(N)N)NC(=O)[C@@H](N)CCC(=O)O)C(=O)N[C@@H](CC(=O)O)C(=O)N[C@@H](CCCCN)C(=O)N[C@@H](CCCCN)C(=O)N[C@@H](CC(C)C)C(=O)N[C@@H](CC(C)C)C(=O)N[C@@H](C)C(=O)N[C@H](C(=O)O)C(C)C. The first-order chi connectivity index (χ1) is 38.9. The van der Waals surface area contributed by atoms with Crippen LogP contribution in [0, 0.1) is 17.8 Å². The Kier molecular flexibility index (Phi) is 37.8. The number of carboxylic acids is 3. The Balaban J connectivity index is 6.86. The van der Waals surface area contributed by atoms with Gasteiger partial charge in [0.1, 0.15) is 54.4 Å². The fourth-order valence-electron chi connectivity index (χ4n) is 8.08. The molecule has 0 unspecified atom stereocenters. The largest absolute Gasteiger partial charge is 0.481 e. The van der Waals surface area contributed by atoms with Crippen molar-refractivity contribution in [1.82, 2.24) is 47.9 Å². The molecule has 474 valence electrons. The van der Waals surface area contributed by atoms with Crippen molar-refractivity contribution < 1.29 is 72.9 Å². The number of hydrogen-bond donors (Lipinski definition) is 17. The number of guanidine groups is 1. The molecule has 30 nitrogen and oxygen atoms in total. The van der Waals surface area contributed by atoms with Crippen LogP contribution in [-0.4, -0.2) is 184 Å². The second-order valence-corrected chi connectivity index (χ2v) is 22.4. The summed E-state index contributed by atoms with van der Waals surface area (Å²) in [7, 11) is 0. The van der Waals surface area contributed by atoms with Crippen molar-refractivity contribution in [3.05, 3.63) is 0 Å². The molecule has 0 bridgehead atoms. The summed E-state index contributed by atoms with van der Waals surface area (Å²) >= 11 is 1.29. The molecular formula is C52H95N15O15S. The molecule has 0 aromatic rings. The Bertz CT molecular complexity index is 2170. The number of nitrogens with two attached hydrogens (primary N) is 5. The third kappa shape index (κ3) is 32.5. The van der Waals surface area contributed by atoms with E-state index < -0.39 is 150 Å². The molecule has 10 atom stereocenters. The van der Waals surface area contributed by atoms with Crippen LogP contribution in [0.5, 0.6) is 0 Å². The number of unbranched alkanes of at least 4 members (excludes halogenated alkanes) is 2. The van der Waals surface area contributed by atoms with Gasteiger partial charge in [0.2, 0.25) is 53.2 Å². The van der Waals surface area contributed by atoms with Gasteiger partial charge in [-0.05, 0) is 127 Å². The lowest BCUT2D eigenvalue weighted by Crippen LogP contribution is -2.60. The van der Waals surface area contributed by atoms with Crippen molar-refractivity contribution in [1.29, 1.82) is 0 Å². The molecule has 0 rings (SSSR count). The molecular weight excluding hydrogens is 1110 g/mol. The normalized spacial score (nSPS) is 14.8. The molecule has 0 aromatic carbocycles. The minimum absolute atomic E-state index is 0.00861. The number of nitrogens with zero attached hydrogens (tertiary/aromatic N) is 1. The number of amides is 9. The third-order valence-corrected chi connectivity index (χ3v) is 13.3. The van der Waals surface area contributed by atoms with Gasteiger partial charge in [-0.3, -0.25) is 57.7 Å². The lowest BCUT2D eigenvalue weighted by molar-refractivity contribution is -0.143. The lowest BCUT2D eigenvalue weighted by atomic mass is 9.99. The summed E-state index contributed by atoms with van der Waals surface area (Å²) in [6.07, 6.45) is 1.40. The third-order valence-electron chi connectivity index (χ3n) is 12.7. The molecule has 0 aliphatic rings. The molecule has 0 heterocycles. The van der Waals surface area contributed by atoms with Gasteiger partial charge in [-0.1, -0.05) is 41.5 Å². The van der Waals surface area contributed by atoms with E-state index in [4.69, 9.17) is 33.8 Å². The van der Waals surface area contributed by atoms with E-state index >= 15 is 0 Å². The van der Waals surface area contributed by atoms with Crippen molar-refractivity contribution in [2.24, 2.45) is 51.4 Å². The Hall–Kier alpha value is -6.86. The molecule has 0 spiro atoms. The summed E-state index contributed by atoms with van der Waals surface area (Å²) in [5.41, 5.74) is 28.3. The standard InChI is InChI=1S/C52H95N15O15S/c1-27(2)24-36(48(78)59-30(7)42(72)67-41(29(5)6)51(81)82)65-49(79)37(25-28(3)4)64-46(76)33(15-10-12-21-54)61-44(74)32(14-9-11-20-53)62-50(80)38(26-40(70)71)66-47(77)35(19-23-83-8)63-45(75)34(16-13-22-58-52(56)57)60-43(73)31(55)17-18-39(68)69/h27-38,41H,9-26,53-55H2,1-8H3,(H,59,78)(H,60,73)(H,61,74)(H,62,80)(H,63,75)(H,64,76)(H,65,79)(H,66,77)(H,67,72)(H,68,69)(H,70,71)(H,81,82)(H4,56,57,58)/t30-,31-,32-,33-,34-,35-,36-,37-,38-,41-/m0/s1. The highest BCUT2D eigenvalue weighted by Gasteiger charge is 2.36. The summed E-state index contributed by atoms with van der Waals surface area (Å²) in [5, 5.41) is 51.4. The van der Waals surface area contributed by atoms with Crippen LogP contribution in [0.2, 0.25) is 0 Å². The smallest absolute Gasteiger partial charge is 0.326 e. The van der Waals surface area contributed by atoms with Crippen LogP contribution in [0.4, 0.5) is 0 Å². The van der Waals surface area contributed by atoms with Gasteiger partial charge in [-0.15, -0.1) is 0 Å². The molecule has 0 aliphatic heterocycles. The van der Waals surface area contributed by atoms with Crippen LogP contribution in [0.1, 0.15) is 138 Å². The Morgan fingerprint density at radius 3 is 1.23 bits per heavy atom.